The smallest absolute Gasteiger partial charge is 0.238 e. The molecule has 1 saturated carbocycles. The van der Waals surface area contributed by atoms with Crippen LogP contribution in [0.4, 0.5) is 5.69 Å². The van der Waals surface area contributed by atoms with Gasteiger partial charge in [0.15, 0.2) is 0 Å². The molecule has 1 aromatic carbocycles. The molecule has 2 aliphatic rings. The van der Waals surface area contributed by atoms with Gasteiger partial charge in [0, 0.05) is 17.5 Å². The first-order valence-electron chi connectivity index (χ1n) is 9.51. The summed E-state index contributed by atoms with van der Waals surface area (Å²) in [4.78, 5) is 14.6. The van der Waals surface area contributed by atoms with E-state index in [0.717, 1.165) is 54.5 Å². The number of carbonyl (C=O) groups excluding carboxylic acids is 1. The van der Waals surface area contributed by atoms with Gasteiger partial charge in [0.2, 0.25) is 17.7 Å². The van der Waals surface area contributed by atoms with E-state index >= 15 is 0 Å². The van der Waals surface area contributed by atoms with Crippen molar-refractivity contribution in [2.45, 2.75) is 51.4 Å². The summed E-state index contributed by atoms with van der Waals surface area (Å²) in [5, 5.41) is 11.5. The van der Waals surface area contributed by atoms with E-state index in [1.165, 1.54) is 12.8 Å². The Morgan fingerprint density at radius 2 is 1.77 bits per heavy atom. The predicted molar refractivity (Wildman–Crippen MR) is 99.2 cm³/mol. The molecule has 0 radical (unpaired) electrons. The summed E-state index contributed by atoms with van der Waals surface area (Å²) in [6, 6.07) is 6.12. The number of likely N-dealkylation sites (tertiary alicyclic amines) is 1. The lowest BCUT2D eigenvalue weighted by atomic mass is 9.97. The molecular formula is C20H26N4O2. The van der Waals surface area contributed by atoms with Crippen LogP contribution in [0.3, 0.4) is 0 Å². The number of carbonyl (C=O) groups is 1. The Morgan fingerprint density at radius 1 is 1.12 bits per heavy atom. The van der Waals surface area contributed by atoms with Crippen molar-refractivity contribution in [3.63, 3.8) is 0 Å². The summed E-state index contributed by atoms with van der Waals surface area (Å²) >= 11 is 0. The summed E-state index contributed by atoms with van der Waals surface area (Å²) in [5.41, 5.74) is 3.14. The van der Waals surface area contributed by atoms with Gasteiger partial charge in [-0.1, -0.05) is 12.1 Å². The highest BCUT2D eigenvalue weighted by atomic mass is 16.4. The molecule has 1 aromatic heterocycles. The van der Waals surface area contributed by atoms with Gasteiger partial charge in [-0.05, 0) is 69.8 Å². The number of aromatic nitrogens is 2. The summed E-state index contributed by atoms with van der Waals surface area (Å²) in [6.07, 6.45) is 4.28. The lowest BCUT2D eigenvalue weighted by Gasteiger charge is -2.29. The zero-order valence-electron chi connectivity index (χ0n) is 15.5. The zero-order chi connectivity index (χ0) is 18.1. The number of hydrogen-bond acceptors (Lipinski definition) is 5. The summed E-state index contributed by atoms with van der Waals surface area (Å²) in [6.45, 7) is 6.24. The predicted octanol–water partition coefficient (Wildman–Crippen LogP) is 3.38. The number of nitrogens with zero attached hydrogens (tertiary/aromatic N) is 3. The largest absolute Gasteiger partial charge is 0.425 e. The molecule has 2 aromatic rings. The van der Waals surface area contributed by atoms with Crippen LogP contribution in [0.15, 0.2) is 22.6 Å². The van der Waals surface area contributed by atoms with E-state index in [0.29, 0.717) is 18.4 Å². The number of aryl methyl sites for hydroxylation is 2. The van der Waals surface area contributed by atoms with Gasteiger partial charge < -0.3 is 9.73 Å². The average Bonchev–Trinajstić information content (AvgIpc) is 3.36. The number of nitrogens with one attached hydrogen (secondary N) is 1. The quantitative estimate of drug-likeness (QED) is 0.891. The van der Waals surface area contributed by atoms with E-state index in [-0.39, 0.29) is 5.91 Å². The molecule has 2 heterocycles. The topological polar surface area (TPSA) is 71.3 Å². The molecule has 1 amide bonds. The Balaban J connectivity index is 1.27. The van der Waals surface area contributed by atoms with E-state index in [1.54, 1.807) is 0 Å². The van der Waals surface area contributed by atoms with Gasteiger partial charge in [-0.3, -0.25) is 9.69 Å². The summed E-state index contributed by atoms with van der Waals surface area (Å²) in [7, 11) is 0. The van der Waals surface area contributed by atoms with Crippen LogP contribution in [0.5, 0.6) is 0 Å². The Hall–Kier alpha value is -2.21. The van der Waals surface area contributed by atoms with Crippen LogP contribution in [0.2, 0.25) is 0 Å². The molecule has 138 valence electrons. The average molecular weight is 354 g/mol. The molecule has 2 fully saturated rings. The van der Waals surface area contributed by atoms with Crippen LogP contribution in [-0.2, 0) is 4.79 Å². The van der Waals surface area contributed by atoms with Crippen LogP contribution in [0.25, 0.3) is 0 Å². The first kappa shape index (κ1) is 17.2. The number of benzene rings is 1. The van der Waals surface area contributed by atoms with Crippen molar-refractivity contribution in [3.05, 3.63) is 41.1 Å². The number of piperidine rings is 1. The molecule has 0 spiro atoms. The Bertz CT molecular complexity index is 789. The zero-order valence-corrected chi connectivity index (χ0v) is 15.5. The second-order valence-corrected chi connectivity index (χ2v) is 7.67. The minimum atomic E-state index is 0.0472. The Morgan fingerprint density at radius 3 is 2.42 bits per heavy atom. The first-order valence-corrected chi connectivity index (χ1v) is 9.51. The van der Waals surface area contributed by atoms with Gasteiger partial charge in [0.05, 0.1) is 6.54 Å². The van der Waals surface area contributed by atoms with E-state index in [4.69, 9.17) is 4.42 Å². The SMILES string of the molecule is Cc1ccc(C)c(NC(=O)CN2CCC(c3nnc(C4CC4)o3)CC2)c1. The molecule has 1 N–H and O–H groups in total. The molecule has 1 aliphatic heterocycles. The fraction of sp³-hybridized carbons (Fsp3) is 0.550. The van der Waals surface area contributed by atoms with Crippen LogP contribution in [0, 0.1) is 13.8 Å². The van der Waals surface area contributed by atoms with Gasteiger partial charge in [-0.15, -0.1) is 10.2 Å². The van der Waals surface area contributed by atoms with Crippen LogP contribution in [-0.4, -0.2) is 40.6 Å². The highest BCUT2D eigenvalue weighted by Gasteiger charge is 2.32. The lowest BCUT2D eigenvalue weighted by Crippen LogP contribution is -2.38. The van der Waals surface area contributed by atoms with Crippen LogP contribution in [0.1, 0.15) is 60.4 Å². The molecule has 0 atom stereocenters. The number of anilines is 1. The van der Waals surface area contributed by atoms with Gasteiger partial charge >= 0.3 is 0 Å². The minimum Gasteiger partial charge on any atom is -0.425 e. The van der Waals surface area contributed by atoms with E-state index in [2.05, 4.69) is 26.5 Å². The lowest BCUT2D eigenvalue weighted by molar-refractivity contribution is -0.117. The van der Waals surface area contributed by atoms with Crippen molar-refractivity contribution in [2.24, 2.45) is 0 Å². The van der Waals surface area contributed by atoms with Crippen molar-refractivity contribution in [3.8, 4) is 0 Å². The molecule has 1 saturated heterocycles. The van der Waals surface area contributed by atoms with E-state index in [1.807, 2.05) is 26.0 Å². The van der Waals surface area contributed by atoms with Crippen molar-refractivity contribution in [2.75, 3.05) is 25.0 Å². The van der Waals surface area contributed by atoms with Crippen LogP contribution >= 0.6 is 0 Å². The number of rotatable bonds is 5. The van der Waals surface area contributed by atoms with Crippen molar-refractivity contribution < 1.29 is 9.21 Å². The molecular weight excluding hydrogens is 328 g/mol. The van der Waals surface area contributed by atoms with Gasteiger partial charge in [0.25, 0.3) is 0 Å². The molecule has 0 bridgehead atoms. The maximum atomic E-state index is 12.4. The third kappa shape index (κ3) is 3.96. The monoisotopic (exact) mass is 354 g/mol. The van der Waals surface area contributed by atoms with Gasteiger partial charge in [0.1, 0.15) is 0 Å². The standard InChI is InChI=1S/C20H26N4O2/c1-13-3-4-14(2)17(11-13)21-18(25)12-24-9-7-16(8-10-24)20-23-22-19(26-20)15-5-6-15/h3-4,11,15-16H,5-10,12H2,1-2H3,(H,21,25). The maximum Gasteiger partial charge on any atom is 0.238 e. The Kier molecular flexibility index (Phi) is 4.76. The van der Waals surface area contributed by atoms with E-state index in [9.17, 15) is 4.79 Å². The summed E-state index contributed by atoms with van der Waals surface area (Å²) in [5.74, 6) is 2.48. The van der Waals surface area contributed by atoms with E-state index < -0.39 is 0 Å². The number of hydrogen-bond donors (Lipinski definition) is 1. The second kappa shape index (κ2) is 7.19. The highest BCUT2D eigenvalue weighted by molar-refractivity contribution is 5.93. The molecule has 6 heteroatoms. The minimum absolute atomic E-state index is 0.0472. The highest BCUT2D eigenvalue weighted by Crippen LogP contribution is 2.40. The Labute approximate surface area is 154 Å². The fourth-order valence-electron chi connectivity index (χ4n) is 3.51. The van der Waals surface area contributed by atoms with Gasteiger partial charge in [-0.2, -0.15) is 0 Å². The van der Waals surface area contributed by atoms with Crippen molar-refractivity contribution in [1.82, 2.24) is 15.1 Å². The second-order valence-electron chi connectivity index (χ2n) is 7.67. The fourth-order valence-corrected chi connectivity index (χ4v) is 3.51. The molecule has 1 aliphatic carbocycles. The molecule has 4 rings (SSSR count). The molecule has 6 nitrogen and oxygen atoms in total. The molecule has 0 unspecified atom stereocenters. The summed E-state index contributed by atoms with van der Waals surface area (Å²) < 4.78 is 5.85. The maximum absolute atomic E-state index is 12.4. The van der Waals surface area contributed by atoms with Crippen molar-refractivity contribution in [1.29, 1.82) is 0 Å². The van der Waals surface area contributed by atoms with Crippen molar-refractivity contribution >= 4 is 11.6 Å². The van der Waals surface area contributed by atoms with Gasteiger partial charge in [-0.25, -0.2) is 0 Å². The normalized spacial score (nSPS) is 18.8. The van der Waals surface area contributed by atoms with Crippen LogP contribution < -0.4 is 5.32 Å². The third-order valence-corrected chi connectivity index (χ3v) is 5.35. The molecule has 26 heavy (non-hydrogen) atoms. The first-order chi connectivity index (χ1) is 12.6. The third-order valence-electron chi connectivity index (χ3n) is 5.35. The number of amides is 1.